The van der Waals surface area contributed by atoms with Gasteiger partial charge in [-0.05, 0) is 49.2 Å². The Morgan fingerprint density at radius 2 is 1.73 bits per heavy atom. The predicted octanol–water partition coefficient (Wildman–Crippen LogP) is 4.76. The van der Waals surface area contributed by atoms with Gasteiger partial charge in [-0.1, -0.05) is 0 Å². The maximum Gasteiger partial charge on any atom is 0.248 e. The molecule has 0 saturated carbocycles. The first-order chi connectivity index (χ1) is 14.3. The lowest BCUT2D eigenvalue weighted by Gasteiger charge is -2.12. The number of aryl methyl sites for hydroxylation is 1. The van der Waals surface area contributed by atoms with Crippen LogP contribution in [0.5, 0.6) is 11.5 Å². The van der Waals surface area contributed by atoms with Crippen molar-refractivity contribution in [2.75, 3.05) is 24.9 Å². The molecule has 0 aliphatic rings. The number of allylic oxidation sites excluding steroid dienone is 1. The molecule has 0 fully saturated rings. The molecule has 3 aromatic rings. The van der Waals surface area contributed by atoms with Crippen LogP contribution in [-0.2, 0) is 9.59 Å². The SMILES string of the molecule is COc1ccc(NC(C)=O)cc1NC(=O)/C=C(\C)c1cc2c(C)coc2cc1OC. The third-order valence-electron chi connectivity index (χ3n) is 4.64. The summed E-state index contributed by atoms with van der Waals surface area (Å²) >= 11 is 0. The maximum absolute atomic E-state index is 12.7. The summed E-state index contributed by atoms with van der Waals surface area (Å²) < 4.78 is 16.3. The Balaban J connectivity index is 1.90. The van der Waals surface area contributed by atoms with Crippen LogP contribution < -0.4 is 20.1 Å². The van der Waals surface area contributed by atoms with Crippen LogP contribution in [0.4, 0.5) is 11.4 Å². The van der Waals surface area contributed by atoms with Crippen LogP contribution in [0.25, 0.3) is 16.5 Å². The molecule has 0 aliphatic carbocycles. The van der Waals surface area contributed by atoms with E-state index >= 15 is 0 Å². The lowest BCUT2D eigenvalue weighted by Crippen LogP contribution is -2.11. The Morgan fingerprint density at radius 3 is 2.40 bits per heavy atom. The van der Waals surface area contributed by atoms with Crippen LogP contribution in [-0.4, -0.2) is 26.0 Å². The molecule has 0 radical (unpaired) electrons. The highest BCUT2D eigenvalue weighted by atomic mass is 16.5. The van der Waals surface area contributed by atoms with Crippen molar-refractivity contribution in [1.29, 1.82) is 0 Å². The third-order valence-corrected chi connectivity index (χ3v) is 4.64. The number of carbonyl (C=O) groups excluding carboxylic acids is 2. The second-order valence-electron chi connectivity index (χ2n) is 6.88. The molecule has 2 amide bonds. The molecule has 0 atom stereocenters. The molecule has 0 aliphatic heterocycles. The van der Waals surface area contributed by atoms with Crippen molar-refractivity contribution < 1.29 is 23.5 Å². The van der Waals surface area contributed by atoms with Crippen molar-refractivity contribution in [3.05, 3.63) is 53.8 Å². The fourth-order valence-electron chi connectivity index (χ4n) is 3.19. The van der Waals surface area contributed by atoms with Gasteiger partial charge in [-0.2, -0.15) is 0 Å². The zero-order valence-electron chi connectivity index (χ0n) is 17.6. The third kappa shape index (κ3) is 4.46. The molecule has 0 saturated heterocycles. The Morgan fingerprint density at radius 1 is 1.00 bits per heavy atom. The lowest BCUT2D eigenvalue weighted by atomic mass is 10.0. The fourth-order valence-corrected chi connectivity index (χ4v) is 3.19. The van der Waals surface area contributed by atoms with Crippen molar-refractivity contribution in [2.24, 2.45) is 0 Å². The number of hydrogen-bond acceptors (Lipinski definition) is 5. The van der Waals surface area contributed by atoms with Crippen LogP contribution in [0.2, 0.25) is 0 Å². The van der Waals surface area contributed by atoms with Crippen LogP contribution in [0.3, 0.4) is 0 Å². The van der Waals surface area contributed by atoms with Gasteiger partial charge in [0.1, 0.15) is 17.1 Å². The van der Waals surface area contributed by atoms with Crippen molar-refractivity contribution >= 4 is 39.7 Å². The summed E-state index contributed by atoms with van der Waals surface area (Å²) in [5, 5.41) is 6.45. The molecule has 156 valence electrons. The molecule has 30 heavy (non-hydrogen) atoms. The van der Waals surface area contributed by atoms with Gasteiger partial charge in [-0.3, -0.25) is 9.59 Å². The van der Waals surface area contributed by atoms with E-state index in [1.807, 2.05) is 26.0 Å². The highest BCUT2D eigenvalue weighted by molar-refractivity contribution is 6.06. The van der Waals surface area contributed by atoms with Crippen molar-refractivity contribution in [3.63, 3.8) is 0 Å². The van der Waals surface area contributed by atoms with E-state index in [1.54, 1.807) is 31.6 Å². The first-order valence-electron chi connectivity index (χ1n) is 9.33. The number of anilines is 2. The van der Waals surface area contributed by atoms with Crippen LogP contribution in [0.1, 0.15) is 25.0 Å². The number of fused-ring (bicyclic) bond motifs is 1. The van der Waals surface area contributed by atoms with E-state index in [2.05, 4.69) is 10.6 Å². The monoisotopic (exact) mass is 408 g/mol. The summed E-state index contributed by atoms with van der Waals surface area (Å²) in [6.07, 6.45) is 3.18. The van der Waals surface area contributed by atoms with Crippen LogP contribution in [0, 0.1) is 6.92 Å². The number of nitrogens with one attached hydrogen (secondary N) is 2. The van der Waals surface area contributed by atoms with E-state index in [0.29, 0.717) is 22.9 Å². The van der Waals surface area contributed by atoms with Crippen molar-refractivity contribution in [2.45, 2.75) is 20.8 Å². The average molecular weight is 408 g/mol. The Bertz CT molecular complexity index is 1140. The molecular formula is C23H24N2O5. The minimum Gasteiger partial charge on any atom is -0.496 e. The van der Waals surface area contributed by atoms with Gasteiger partial charge in [0, 0.05) is 35.7 Å². The number of ether oxygens (including phenoxy) is 2. The fraction of sp³-hybridized carbons (Fsp3) is 0.217. The summed E-state index contributed by atoms with van der Waals surface area (Å²) in [7, 11) is 3.09. The second kappa shape index (κ2) is 8.73. The van der Waals surface area contributed by atoms with Gasteiger partial charge in [0.25, 0.3) is 0 Å². The molecule has 3 rings (SSSR count). The average Bonchev–Trinajstić information content (AvgIpc) is 3.06. The summed E-state index contributed by atoms with van der Waals surface area (Å²) in [4.78, 5) is 24.0. The number of hydrogen-bond donors (Lipinski definition) is 2. The zero-order valence-corrected chi connectivity index (χ0v) is 17.6. The number of carbonyl (C=O) groups is 2. The number of benzene rings is 2. The summed E-state index contributed by atoms with van der Waals surface area (Å²) in [6.45, 7) is 5.21. The molecule has 1 aromatic heterocycles. The normalized spacial score (nSPS) is 11.3. The molecule has 2 aromatic carbocycles. The number of furan rings is 1. The maximum atomic E-state index is 12.7. The van der Waals surface area contributed by atoms with Crippen molar-refractivity contribution in [1.82, 2.24) is 0 Å². The number of amides is 2. The first-order valence-corrected chi connectivity index (χ1v) is 9.33. The first kappa shape index (κ1) is 21.0. The molecule has 7 heteroatoms. The zero-order chi connectivity index (χ0) is 21.8. The largest absolute Gasteiger partial charge is 0.496 e. The van der Waals surface area contributed by atoms with Gasteiger partial charge in [0.15, 0.2) is 0 Å². The van der Waals surface area contributed by atoms with Gasteiger partial charge in [-0.25, -0.2) is 0 Å². The Kier molecular flexibility index (Phi) is 6.11. The highest BCUT2D eigenvalue weighted by Gasteiger charge is 2.13. The molecule has 0 unspecified atom stereocenters. The molecule has 7 nitrogen and oxygen atoms in total. The van der Waals surface area contributed by atoms with Gasteiger partial charge >= 0.3 is 0 Å². The van der Waals surface area contributed by atoms with E-state index in [4.69, 9.17) is 13.9 Å². The summed E-state index contributed by atoms with van der Waals surface area (Å²) in [6, 6.07) is 8.78. The van der Waals surface area contributed by atoms with Crippen LogP contribution >= 0.6 is 0 Å². The van der Waals surface area contributed by atoms with E-state index in [1.165, 1.54) is 20.1 Å². The van der Waals surface area contributed by atoms with E-state index < -0.39 is 0 Å². The molecular weight excluding hydrogens is 384 g/mol. The summed E-state index contributed by atoms with van der Waals surface area (Å²) in [5.74, 6) is 0.558. The molecule has 0 spiro atoms. The van der Waals surface area contributed by atoms with E-state index in [-0.39, 0.29) is 11.8 Å². The standard InChI is InChI=1S/C23H24N2O5/c1-13(17-10-18-14(2)12-30-22(18)11-21(17)29-5)8-23(27)25-19-9-16(24-15(3)26)6-7-20(19)28-4/h6-12H,1-5H3,(H,24,26)(H,25,27)/b13-8+. The van der Waals surface area contributed by atoms with Gasteiger partial charge < -0.3 is 24.5 Å². The lowest BCUT2D eigenvalue weighted by molar-refractivity contribution is -0.114. The second-order valence-corrected chi connectivity index (χ2v) is 6.88. The highest BCUT2D eigenvalue weighted by Crippen LogP contribution is 2.33. The number of methoxy groups -OCH3 is 2. The quantitative estimate of drug-likeness (QED) is 0.574. The Hall–Kier alpha value is -3.74. The molecule has 1 heterocycles. The van der Waals surface area contributed by atoms with Gasteiger partial charge in [-0.15, -0.1) is 0 Å². The predicted molar refractivity (Wildman–Crippen MR) is 117 cm³/mol. The van der Waals surface area contributed by atoms with E-state index in [0.717, 1.165) is 27.7 Å². The topological polar surface area (TPSA) is 89.8 Å². The minimum atomic E-state index is -0.336. The van der Waals surface area contributed by atoms with Gasteiger partial charge in [0.05, 0.1) is 26.2 Å². The Labute approximate surface area is 174 Å². The smallest absolute Gasteiger partial charge is 0.248 e. The van der Waals surface area contributed by atoms with Crippen LogP contribution in [0.15, 0.2) is 47.1 Å². The molecule has 0 bridgehead atoms. The minimum absolute atomic E-state index is 0.204. The summed E-state index contributed by atoms with van der Waals surface area (Å²) in [5.41, 5.74) is 4.26. The van der Waals surface area contributed by atoms with E-state index in [9.17, 15) is 9.59 Å². The van der Waals surface area contributed by atoms with Crippen molar-refractivity contribution in [3.8, 4) is 11.5 Å². The number of rotatable bonds is 6. The molecule has 2 N–H and O–H groups in total. The van der Waals surface area contributed by atoms with Gasteiger partial charge in [0.2, 0.25) is 11.8 Å².